The average molecular weight is 362 g/mol. The maximum Gasteiger partial charge on any atom is 0.286 e. The number of ether oxygens (including phenoxy) is 2. The summed E-state index contributed by atoms with van der Waals surface area (Å²) in [6.07, 6.45) is 1.38. The molecule has 1 aromatic heterocycles. The van der Waals surface area contributed by atoms with Gasteiger partial charge < -0.3 is 18.9 Å². The highest BCUT2D eigenvalue weighted by molar-refractivity contribution is 5.99. The number of hydrogen-bond acceptors (Lipinski definition) is 8. The highest BCUT2D eigenvalue weighted by atomic mass is 16.6. The molecule has 1 atom stereocenters. The van der Waals surface area contributed by atoms with Crippen molar-refractivity contribution < 1.29 is 23.7 Å². The molecule has 26 heavy (non-hydrogen) atoms. The van der Waals surface area contributed by atoms with Gasteiger partial charge in [-0.25, -0.2) is 0 Å². The molecule has 10 heteroatoms. The molecular weight excluding hydrogens is 344 g/mol. The number of benzene rings is 1. The van der Waals surface area contributed by atoms with E-state index >= 15 is 0 Å². The van der Waals surface area contributed by atoms with Crippen molar-refractivity contribution in [3.63, 3.8) is 0 Å². The van der Waals surface area contributed by atoms with E-state index < -0.39 is 16.9 Å². The van der Waals surface area contributed by atoms with E-state index in [0.717, 1.165) is 6.42 Å². The van der Waals surface area contributed by atoms with Crippen LogP contribution in [0, 0.1) is 17.0 Å². The third kappa shape index (κ3) is 3.05. The maximum absolute atomic E-state index is 13.1. The normalized spacial score (nSPS) is 16.6. The Kier molecular flexibility index (Phi) is 4.74. The van der Waals surface area contributed by atoms with E-state index in [2.05, 4.69) is 10.1 Å². The summed E-state index contributed by atoms with van der Waals surface area (Å²) in [6.45, 7) is 2.13. The van der Waals surface area contributed by atoms with E-state index in [4.69, 9.17) is 14.0 Å². The number of carbonyl (C=O) groups excluding carboxylic acids is 1. The van der Waals surface area contributed by atoms with Gasteiger partial charge in [0.05, 0.1) is 25.2 Å². The first-order valence-electron chi connectivity index (χ1n) is 7.97. The zero-order chi connectivity index (χ0) is 18.8. The van der Waals surface area contributed by atoms with Crippen molar-refractivity contribution in [1.29, 1.82) is 0 Å². The second kappa shape index (κ2) is 6.98. The van der Waals surface area contributed by atoms with E-state index in [0.29, 0.717) is 24.7 Å². The topological polar surface area (TPSA) is 121 Å². The molecule has 2 aromatic rings. The molecule has 3 rings (SSSR count). The van der Waals surface area contributed by atoms with Gasteiger partial charge in [0.15, 0.2) is 17.3 Å². The molecule has 10 nitrogen and oxygen atoms in total. The van der Waals surface area contributed by atoms with Crippen molar-refractivity contribution >= 4 is 11.6 Å². The van der Waals surface area contributed by atoms with E-state index in [9.17, 15) is 14.9 Å². The van der Waals surface area contributed by atoms with Crippen LogP contribution < -0.4 is 9.47 Å². The number of methoxy groups -OCH3 is 2. The second-order valence-corrected chi connectivity index (χ2v) is 5.82. The SMILES string of the molecule is COc1cc(C(=O)N2CCCC2c2nc(C)no2)c([N+](=O)[O-])cc1OC. The van der Waals surface area contributed by atoms with E-state index in [1.807, 2.05) is 0 Å². The smallest absolute Gasteiger partial charge is 0.286 e. The lowest BCUT2D eigenvalue weighted by Gasteiger charge is -2.22. The largest absolute Gasteiger partial charge is 0.493 e. The minimum atomic E-state index is -0.614. The fraction of sp³-hybridized carbons (Fsp3) is 0.438. The molecule has 0 saturated carbocycles. The Morgan fingerprint density at radius 3 is 2.62 bits per heavy atom. The van der Waals surface area contributed by atoms with Crippen molar-refractivity contribution in [3.05, 3.63) is 39.5 Å². The van der Waals surface area contributed by atoms with Crippen LogP contribution in [0.2, 0.25) is 0 Å². The van der Waals surface area contributed by atoms with Gasteiger partial charge in [0.25, 0.3) is 11.6 Å². The maximum atomic E-state index is 13.1. The average Bonchev–Trinajstić information content (AvgIpc) is 3.28. The van der Waals surface area contributed by atoms with Crippen molar-refractivity contribution in [2.24, 2.45) is 0 Å². The van der Waals surface area contributed by atoms with Crippen LogP contribution in [0.1, 0.15) is 41.0 Å². The summed E-state index contributed by atoms with van der Waals surface area (Å²) in [7, 11) is 2.77. The van der Waals surface area contributed by atoms with Crippen LogP contribution in [0.4, 0.5) is 5.69 Å². The zero-order valence-corrected chi connectivity index (χ0v) is 14.6. The third-order valence-electron chi connectivity index (χ3n) is 4.27. The molecule has 0 N–H and O–H groups in total. The molecule has 0 radical (unpaired) electrons. The third-order valence-corrected chi connectivity index (χ3v) is 4.27. The Morgan fingerprint density at radius 1 is 1.35 bits per heavy atom. The number of aryl methyl sites for hydroxylation is 1. The molecule has 2 heterocycles. The van der Waals surface area contributed by atoms with Crippen LogP contribution in [0.3, 0.4) is 0 Å². The van der Waals surface area contributed by atoms with Gasteiger partial charge in [-0.1, -0.05) is 5.16 Å². The van der Waals surface area contributed by atoms with E-state index in [1.165, 1.54) is 31.3 Å². The number of carbonyl (C=O) groups is 1. The molecule has 0 spiro atoms. The molecule has 1 aliphatic rings. The summed E-state index contributed by atoms with van der Waals surface area (Å²) in [6, 6.07) is 2.11. The van der Waals surface area contributed by atoms with Gasteiger partial charge in [0.2, 0.25) is 5.89 Å². The quantitative estimate of drug-likeness (QED) is 0.586. The number of amides is 1. The van der Waals surface area contributed by atoms with Crippen molar-refractivity contribution in [2.75, 3.05) is 20.8 Å². The molecule has 1 unspecified atom stereocenters. The van der Waals surface area contributed by atoms with Crippen LogP contribution in [-0.2, 0) is 0 Å². The van der Waals surface area contributed by atoms with Crippen molar-refractivity contribution in [1.82, 2.24) is 15.0 Å². The molecule has 1 amide bonds. The van der Waals surface area contributed by atoms with Crippen LogP contribution in [0.25, 0.3) is 0 Å². The van der Waals surface area contributed by atoms with Gasteiger partial charge in [-0.2, -0.15) is 4.98 Å². The Labute approximate surface area is 148 Å². The number of nitrogens with zero attached hydrogens (tertiary/aromatic N) is 4. The van der Waals surface area contributed by atoms with Gasteiger partial charge in [0.1, 0.15) is 11.6 Å². The number of nitro groups is 1. The first-order valence-corrected chi connectivity index (χ1v) is 7.97. The standard InChI is InChI=1S/C16H18N4O6/c1-9-17-15(26-18-9)11-5-4-6-19(11)16(21)10-7-13(24-2)14(25-3)8-12(10)20(22)23/h7-8,11H,4-6H2,1-3H3. The summed E-state index contributed by atoms with van der Waals surface area (Å²) >= 11 is 0. The molecule has 0 bridgehead atoms. The molecule has 1 aliphatic heterocycles. The Balaban J connectivity index is 2.01. The molecule has 138 valence electrons. The van der Waals surface area contributed by atoms with Gasteiger partial charge in [-0.05, 0) is 19.8 Å². The minimum absolute atomic E-state index is 0.0733. The lowest BCUT2D eigenvalue weighted by molar-refractivity contribution is -0.385. The fourth-order valence-corrected chi connectivity index (χ4v) is 3.06. The van der Waals surface area contributed by atoms with Gasteiger partial charge in [0, 0.05) is 12.6 Å². The summed E-state index contributed by atoms with van der Waals surface area (Å²) in [4.78, 5) is 29.6. The first-order chi connectivity index (χ1) is 12.5. The predicted octanol–water partition coefficient (Wildman–Crippen LogP) is 2.28. The van der Waals surface area contributed by atoms with E-state index in [-0.39, 0.29) is 22.7 Å². The highest BCUT2D eigenvalue weighted by Crippen LogP contribution is 2.38. The predicted molar refractivity (Wildman–Crippen MR) is 88.2 cm³/mol. The lowest BCUT2D eigenvalue weighted by atomic mass is 10.1. The van der Waals surface area contributed by atoms with E-state index in [1.54, 1.807) is 6.92 Å². The van der Waals surface area contributed by atoms with Gasteiger partial charge in [-0.15, -0.1) is 0 Å². The van der Waals surface area contributed by atoms with Crippen molar-refractivity contribution in [2.45, 2.75) is 25.8 Å². The fourth-order valence-electron chi connectivity index (χ4n) is 3.06. The monoisotopic (exact) mass is 362 g/mol. The molecule has 0 aliphatic carbocycles. The Morgan fingerprint density at radius 2 is 2.04 bits per heavy atom. The van der Waals surface area contributed by atoms with Crippen LogP contribution >= 0.6 is 0 Å². The van der Waals surface area contributed by atoms with Gasteiger partial charge >= 0.3 is 0 Å². The highest BCUT2D eigenvalue weighted by Gasteiger charge is 2.37. The summed E-state index contributed by atoms with van der Waals surface area (Å²) in [5.74, 6) is 0.732. The minimum Gasteiger partial charge on any atom is -0.493 e. The number of likely N-dealkylation sites (tertiary alicyclic amines) is 1. The van der Waals surface area contributed by atoms with Crippen LogP contribution in [0.15, 0.2) is 16.7 Å². The first kappa shape index (κ1) is 17.6. The zero-order valence-electron chi connectivity index (χ0n) is 14.6. The molecular formula is C16H18N4O6. The second-order valence-electron chi connectivity index (χ2n) is 5.82. The van der Waals surface area contributed by atoms with Crippen molar-refractivity contribution in [3.8, 4) is 11.5 Å². The summed E-state index contributed by atoms with van der Waals surface area (Å²) in [5, 5.41) is 15.2. The molecule has 1 saturated heterocycles. The summed E-state index contributed by atoms with van der Waals surface area (Å²) < 4.78 is 15.5. The number of nitro benzene ring substituents is 1. The molecule has 1 fully saturated rings. The Hall–Kier alpha value is -3.17. The number of rotatable bonds is 5. The number of hydrogen-bond donors (Lipinski definition) is 0. The molecule has 1 aromatic carbocycles. The lowest BCUT2D eigenvalue weighted by Crippen LogP contribution is -2.31. The van der Waals surface area contributed by atoms with Gasteiger partial charge in [-0.3, -0.25) is 14.9 Å². The van der Waals surface area contributed by atoms with Crippen LogP contribution in [0.5, 0.6) is 11.5 Å². The van der Waals surface area contributed by atoms with Crippen LogP contribution in [-0.4, -0.2) is 46.6 Å². The Bertz CT molecular complexity index is 849. The summed E-state index contributed by atoms with van der Waals surface area (Å²) in [5.41, 5.74) is -0.421. The number of aromatic nitrogens is 2.